The first-order valence-corrected chi connectivity index (χ1v) is 8.47. The topological polar surface area (TPSA) is 32.5 Å². The Morgan fingerprint density at radius 2 is 2.20 bits per heavy atom. The third-order valence-corrected chi connectivity index (χ3v) is 5.20. The van der Waals surface area contributed by atoms with Crippen molar-refractivity contribution in [1.82, 2.24) is 4.90 Å². The molecule has 1 aromatic carbocycles. The lowest BCUT2D eigenvalue weighted by atomic mass is 10.0. The standard InChI is InChI=1S/C16H24BrN3/c1-12-10-19-8-2-3-15(19)11-20(12)16-9-14(17)5-4-13(16)6-7-18/h4-5,9,12,15H,2-3,6-8,10-11,18H2,1H3. The first kappa shape index (κ1) is 14.4. The van der Waals surface area contributed by atoms with Crippen molar-refractivity contribution in [3.05, 3.63) is 28.2 Å². The van der Waals surface area contributed by atoms with E-state index < -0.39 is 0 Å². The summed E-state index contributed by atoms with van der Waals surface area (Å²) in [6.07, 6.45) is 3.67. The summed E-state index contributed by atoms with van der Waals surface area (Å²) in [6.45, 7) is 6.71. The van der Waals surface area contributed by atoms with Gasteiger partial charge in [0.25, 0.3) is 0 Å². The van der Waals surface area contributed by atoms with Gasteiger partial charge in [-0.2, -0.15) is 0 Å². The monoisotopic (exact) mass is 337 g/mol. The van der Waals surface area contributed by atoms with Gasteiger partial charge in [-0.3, -0.25) is 4.90 Å². The normalized spacial score (nSPS) is 26.9. The lowest BCUT2D eigenvalue weighted by Crippen LogP contribution is -2.55. The lowest BCUT2D eigenvalue weighted by Gasteiger charge is -2.44. The first-order valence-electron chi connectivity index (χ1n) is 7.68. The Kier molecular flexibility index (Phi) is 4.34. The summed E-state index contributed by atoms with van der Waals surface area (Å²) < 4.78 is 1.16. The second-order valence-electron chi connectivity index (χ2n) is 6.10. The molecule has 110 valence electrons. The lowest BCUT2D eigenvalue weighted by molar-refractivity contribution is 0.203. The number of piperazine rings is 1. The molecule has 2 fully saturated rings. The van der Waals surface area contributed by atoms with E-state index >= 15 is 0 Å². The molecule has 0 aliphatic carbocycles. The van der Waals surface area contributed by atoms with E-state index in [1.807, 2.05) is 0 Å². The second kappa shape index (κ2) is 6.04. The van der Waals surface area contributed by atoms with E-state index in [0.29, 0.717) is 12.6 Å². The van der Waals surface area contributed by atoms with E-state index in [9.17, 15) is 0 Å². The number of fused-ring (bicyclic) bond motifs is 1. The number of anilines is 1. The smallest absolute Gasteiger partial charge is 0.0413 e. The van der Waals surface area contributed by atoms with Gasteiger partial charge in [-0.05, 0) is 57.0 Å². The van der Waals surface area contributed by atoms with Gasteiger partial charge in [0.15, 0.2) is 0 Å². The number of rotatable bonds is 3. The van der Waals surface area contributed by atoms with E-state index in [-0.39, 0.29) is 0 Å². The Morgan fingerprint density at radius 1 is 1.35 bits per heavy atom. The van der Waals surface area contributed by atoms with Crippen molar-refractivity contribution in [2.24, 2.45) is 5.73 Å². The molecule has 0 bridgehead atoms. The Hall–Kier alpha value is -0.580. The van der Waals surface area contributed by atoms with E-state index in [0.717, 1.165) is 23.5 Å². The van der Waals surface area contributed by atoms with Crippen molar-refractivity contribution < 1.29 is 0 Å². The summed E-state index contributed by atoms with van der Waals surface area (Å²) in [4.78, 5) is 5.27. The fourth-order valence-electron chi connectivity index (χ4n) is 3.69. The van der Waals surface area contributed by atoms with Gasteiger partial charge >= 0.3 is 0 Å². The number of halogens is 1. The van der Waals surface area contributed by atoms with Crippen molar-refractivity contribution in [1.29, 1.82) is 0 Å². The summed E-state index contributed by atoms with van der Waals surface area (Å²) >= 11 is 3.62. The van der Waals surface area contributed by atoms with E-state index in [4.69, 9.17) is 5.73 Å². The summed E-state index contributed by atoms with van der Waals surface area (Å²) in [6, 6.07) is 7.95. The molecule has 2 N–H and O–H groups in total. The molecule has 0 spiro atoms. The third-order valence-electron chi connectivity index (χ3n) is 4.71. The van der Waals surface area contributed by atoms with E-state index in [2.05, 4.69) is 50.9 Å². The molecule has 0 amide bonds. The highest BCUT2D eigenvalue weighted by molar-refractivity contribution is 9.10. The molecule has 2 atom stereocenters. The van der Waals surface area contributed by atoms with Gasteiger partial charge in [-0.1, -0.05) is 22.0 Å². The van der Waals surface area contributed by atoms with Crippen LogP contribution in [0, 0.1) is 0 Å². The minimum Gasteiger partial charge on any atom is -0.366 e. The van der Waals surface area contributed by atoms with Crippen LogP contribution in [-0.2, 0) is 6.42 Å². The molecule has 2 unspecified atom stereocenters. The van der Waals surface area contributed by atoms with Crippen molar-refractivity contribution >= 4 is 21.6 Å². The zero-order valence-corrected chi connectivity index (χ0v) is 13.8. The van der Waals surface area contributed by atoms with Crippen LogP contribution in [0.2, 0.25) is 0 Å². The van der Waals surface area contributed by atoms with Crippen LogP contribution in [0.15, 0.2) is 22.7 Å². The Balaban J connectivity index is 1.89. The van der Waals surface area contributed by atoms with E-state index in [1.165, 1.54) is 37.2 Å². The van der Waals surface area contributed by atoms with E-state index in [1.54, 1.807) is 0 Å². The summed E-state index contributed by atoms with van der Waals surface area (Å²) in [5.41, 5.74) is 8.54. The van der Waals surface area contributed by atoms with Crippen LogP contribution in [-0.4, -0.2) is 43.2 Å². The molecule has 2 aliphatic heterocycles. The van der Waals surface area contributed by atoms with Crippen LogP contribution in [0.25, 0.3) is 0 Å². The quantitative estimate of drug-likeness (QED) is 0.920. The zero-order chi connectivity index (χ0) is 14.1. The maximum atomic E-state index is 5.78. The molecule has 3 nitrogen and oxygen atoms in total. The number of hydrogen-bond donors (Lipinski definition) is 1. The van der Waals surface area contributed by atoms with Crippen molar-refractivity contribution in [3.8, 4) is 0 Å². The summed E-state index contributed by atoms with van der Waals surface area (Å²) in [5, 5.41) is 0. The molecular formula is C16H24BrN3. The Morgan fingerprint density at radius 3 is 3.00 bits per heavy atom. The SMILES string of the molecule is CC1CN2CCCC2CN1c1cc(Br)ccc1CCN. The molecule has 0 saturated carbocycles. The molecule has 0 aromatic heterocycles. The van der Waals surface area contributed by atoms with Crippen molar-refractivity contribution in [2.45, 2.75) is 38.3 Å². The first-order chi connectivity index (χ1) is 9.69. The number of hydrogen-bond acceptors (Lipinski definition) is 3. The summed E-state index contributed by atoms with van der Waals surface area (Å²) in [5.74, 6) is 0. The third kappa shape index (κ3) is 2.74. The Bertz CT molecular complexity index is 477. The van der Waals surface area contributed by atoms with Crippen LogP contribution in [0.1, 0.15) is 25.3 Å². The van der Waals surface area contributed by atoms with Crippen LogP contribution in [0.4, 0.5) is 5.69 Å². The average Bonchev–Trinajstić information content (AvgIpc) is 2.87. The number of benzene rings is 1. The predicted molar refractivity (Wildman–Crippen MR) is 88.3 cm³/mol. The van der Waals surface area contributed by atoms with Crippen LogP contribution < -0.4 is 10.6 Å². The number of nitrogens with two attached hydrogens (primary N) is 1. The van der Waals surface area contributed by atoms with Gasteiger partial charge in [0.1, 0.15) is 0 Å². The largest absolute Gasteiger partial charge is 0.366 e. The van der Waals surface area contributed by atoms with Gasteiger partial charge < -0.3 is 10.6 Å². The molecular weight excluding hydrogens is 314 g/mol. The van der Waals surface area contributed by atoms with Gasteiger partial charge in [0, 0.05) is 35.3 Å². The van der Waals surface area contributed by atoms with Gasteiger partial charge in [0.05, 0.1) is 0 Å². The molecule has 2 aliphatic rings. The average molecular weight is 338 g/mol. The highest BCUT2D eigenvalue weighted by atomic mass is 79.9. The molecule has 4 heteroatoms. The van der Waals surface area contributed by atoms with Crippen molar-refractivity contribution in [2.75, 3.05) is 31.1 Å². The van der Waals surface area contributed by atoms with Gasteiger partial charge in [0.2, 0.25) is 0 Å². The molecule has 2 heterocycles. The minimum atomic E-state index is 0.579. The maximum absolute atomic E-state index is 5.78. The second-order valence-corrected chi connectivity index (χ2v) is 7.02. The summed E-state index contributed by atoms with van der Waals surface area (Å²) in [7, 11) is 0. The van der Waals surface area contributed by atoms with Crippen LogP contribution >= 0.6 is 15.9 Å². The fourth-order valence-corrected chi connectivity index (χ4v) is 4.04. The molecule has 3 rings (SSSR count). The van der Waals surface area contributed by atoms with Crippen LogP contribution in [0.3, 0.4) is 0 Å². The molecule has 0 radical (unpaired) electrons. The molecule has 1 aromatic rings. The predicted octanol–water partition coefficient (Wildman–Crippen LogP) is 2.62. The van der Waals surface area contributed by atoms with Crippen LogP contribution in [0.5, 0.6) is 0 Å². The number of nitrogens with zero attached hydrogens (tertiary/aromatic N) is 2. The van der Waals surface area contributed by atoms with Gasteiger partial charge in [-0.15, -0.1) is 0 Å². The Labute approximate surface area is 130 Å². The van der Waals surface area contributed by atoms with Crippen molar-refractivity contribution in [3.63, 3.8) is 0 Å². The maximum Gasteiger partial charge on any atom is 0.0413 e. The molecule has 20 heavy (non-hydrogen) atoms. The highest BCUT2D eigenvalue weighted by Crippen LogP contribution is 2.32. The zero-order valence-electron chi connectivity index (χ0n) is 12.2. The fraction of sp³-hybridized carbons (Fsp3) is 0.625. The molecule has 2 saturated heterocycles. The minimum absolute atomic E-state index is 0.579. The van der Waals surface area contributed by atoms with Gasteiger partial charge in [-0.25, -0.2) is 0 Å². The highest BCUT2D eigenvalue weighted by Gasteiger charge is 2.34.